The van der Waals surface area contributed by atoms with E-state index in [4.69, 9.17) is 8.22 Å². The summed E-state index contributed by atoms with van der Waals surface area (Å²) in [5, 5.41) is 12.3. The van der Waals surface area contributed by atoms with E-state index in [1.54, 1.807) is 12.3 Å². The number of hydrogen-bond donors (Lipinski definition) is 1. The summed E-state index contributed by atoms with van der Waals surface area (Å²) in [5.74, 6) is -0.196. The number of benzene rings is 3. The van der Waals surface area contributed by atoms with E-state index in [-0.39, 0.29) is 54.0 Å². The van der Waals surface area contributed by atoms with Crippen LogP contribution in [0.25, 0.3) is 32.8 Å². The van der Waals surface area contributed by atoms with Gasteiger partial charge in [0.1, 0.15) is 11.6 Å². The molecule has 1 radical (unpaired) electrons. The first-order valence-electron chi connectivity index (χ1n) is 15.4. The molecular formula is C34H39FIrNO2-. The molecule has 0 saturated carbocycles. The molecular weight excluding hydrogens is 666 g/mol. The van der Waals surface area contributed by atoms with Crippen LogP contribution < -0.4 is 0 Å². The van der Waals surface area contributed by atoms with Gasteiger partial charge in [-0.1, -0.05) is 67.4 Å². The van der Waals surface area contributed by atoms with Crippen molar-refractivity contribution >= 4 is 27.3 Å². The Bertz CT molecular complexity index is 1760. The third kappa shape index (κ3) is 7.41. The van der Waals surface area contributed by atoms with E-state index in [9.17, 15) is 14.3 Å². The van der Waals surface area contributed by atoms with Gasteiger partial charge in [0.05, 0.1) is 0 Å². The number of aromatic nitrogens is 1. The van der Waals surface area contributed by atoms with Gasteiger partial charge in [-0.2, -0.15) is 0 Å². The molecule has 0 aliphatic carbocycles. The molecule has 1 aromatic heterocycles. The van der Waals surface area contributed by atoms with Gasteiger partial charge in [-0.3, -0.25) is 4.79 Å². The van der Waals surface area contributed by atoms with Crippen molar-refractivity contribution in [3.63, 3.8) is 0 Å². The number of pyridine rings is 1. The fourth-order valence-corrected chi connectivity index (χ4v) is 3.90. The maximum atomic E-state index is 14.7. The topological polar surface area (TPSA) is 50.2 Å². The number of aryl methyl sites for hydroxylation is 4. The van der Waals surface area contributed by atoms with E-state index in [0.717, 1.165) is 21.9 Å². The molecule has 209 valence electrons. The first-order chi connectivity index (χ1) is 19.9. The number of allylic oxidation sites excluding steroid dienone is 2. The van der Waals surface area contributed by atoms with Crippen molar-refractivity contribution in [2.75, 3.05) is 0 Å². The largest absolute Gasteiger partial charge is 0.512 e. The van der Waals surface area contributed by atoms with Gasteiger partial charge in [0.2, 0.25) is 0 Å². The van der Waals surface area contributed by atoms with Crippen molar-refractivity contribution in [1.29, 1.82) is 0 Å². The number of carbonyl (C=O) groups is 1. The maximum Gasteiger partial charge on any atom is 0.164 e. The van der Waals surface area contributed by atoms with Crippen molar-refractivity contribution < 1.29 is 42.6 Å². The van der Waals surface area contributed by atoms with E-state index in [2.05, 4.69) is 11.1 Å². The fourth-order valence-electron chi connectivity index (χ4n) is 3.90. The number of nitrogens with zero attached hydrogens (tertiary/aromatic N) is 1. The summed E-state index contributed by atoms with van der Waals surface area (Å²) in [4.78, 5) is 15.9. The monoisotopic (exact) mass is 711 g/mol. The van der Waals surface area contributed by atoms with Crippen LogP contribution in [-0.4, -0.2) is 15.9 Å². The van der Waals surface area contributed by atoms with Crippen LogP contribution in [0, 0.1) is 50.3 Å². The number of carbonyl (C=O) groups excluding carboxylic acids is 1. The van der Waals surface area contributed by atoms with Crippen molar-refractivity contribution in [2.24, 2.45) is 10.8 Å². The predicted molar refractivity (Wildman–Crippen MR) is 157 cm³/mol. The molecule has 0 saturated heterocycles. The van der Waals surface area contributed by atoms with E-state index in [1.165, 1.54) is 24.3 Å². The molecule has 0 spiro atoms. The second-order valence-electron chi connectivity index (χ2n) is 11.7. The summed E-state index contributed by atoms with van der Waals surface area (Å²) < 4.78 is 61.1. The maximum absolute atomic E-state index is 14.7. The molecule has 3 aromatic carbocycles. The van der Waals surface area contributed by atoms with Gasteiger partial charge in [0.15, 0.2) is 5.78 Å². The zero-order valence-electron chi connectivity index (χ0n) is 29.6. The second kappa shape index (κ2) is 12.1. The quantitative estimate of drug-likeness (QED) is 0.0977. The third-order valence-electron chi connectivity index (χ3n) is 6.25. The minimum Gasteiger partial charge on any atom is -0.512 e. The molecule has 0 aliphatic heterocycles. The van der Waals surface area contributed by atoms with Crippen LogP contribution in [0.5, 0.6) is 0 Å². The van der Waals surface area contributed by atoms with Crippen molar-refractivity contribution in [3.8, 4) is 11.3 Å². The molecule has 0 amide bonds. The van der Waals surface area contributed by atoms with Crippen LogP contribution in [0.2, 0.25) is 0 Å². The van der Waals surface area contributed by atoms with Gasteiger partial charge in [0.25, 0.3) is 0 Å². The second-order valence-corrected chi connectivity index (χ2v) is 11.7. The van der Waals surface area contributed by atoms with E-state index in [0.29, 0.717) is 22.0 Å². The minimum atomic E-state index is -2.65. The normalized spacial score (nSPS) is 15.1. The Morgan fingerprint density at radius 3 is 2.23 bits per heavy atom. The fraction of sp³-hybridized carbons (Fsp3) is 0.353. The summed E-state index contributed by atoms with van der Waals surface area (Å²) in [6, 6.07) is 12.6. The number of fused-ring (bicyclic) bond motifs is 3. The molecule has 39 heavy (non-hydrogen) atoms. The van der Waals surface area contributed by atoms with Gasteiger partial charge in [-0.25, -0.2) is 4.39 Å². The minimum absolute atomic E-state index is 0. The molecule has 0 unspecified atom stereocenters. The average Bonchev–Trinajstić information content (AvgIpc) is 2.86. The molecule has 0 bridgehead atoms. The average molecular weight is 711 g/mol. The number of halogens is 1. The summed E-state index contributed by atoms with van der Waals surface area (Å²) in [5.41, 5.74) is 0.987. The molecule has 1 heterocycles. The van der Waals surface area contributed by atoms with Crippen molar-refractivity contribution in [1.82, 2.24) is 4.98 Å². The molecule has 0 aliphatic rings. The summed E-state index contributed by atoms with van der Waals surface area (Å²) in [6.07, 6.45) is 2.91. The van der Waals surface area contributed by atoms with Gasteiger partial charge >= 0.3 is 0 Å². The zero-order chi connectivity index (χ0) is 33.6. The summed E-state index contributed by atoms with van der Waals surface area (Å²) >= 11 is 0. The van der Waals surface area contributed by atoms with Crippen molar-refractivity contribution in [2.45, 2.75) is 69.1 Å². The number of ketones is 1. The molecule has 0 fully saturated rings. The first kappa shape index (κ1) is 24.0. The van der Waals surface area contributed by atoms with E-state index in [1.807, 2.05) is 67.5 Å². The molecule has 4 aromatic rings. The predicted octanol–water partition coefficient (Wildman–Crippen LogP) is 9.32. The Hall–Kier alpha value is -2.88. The first-order valence-corrected chi connectivity index (χ1v) is 12.4. The Morgan fingerprint density at radius 1 is 0.949 bits per heavy atom. The third-order valence-corrected chi connectivity index (χ3v) is 6.25. The van der Waals surface area contributed by atoms with Crippen LogP contribution in [0.3, 0.4) is 0 Å². The molecule has 3 nitrogen and oxygen atoms in total. The standard InChI is InChI=1S/C23H19FN.C11H20O2.Ir/c1-13-9-19-18-7-8-25-23(17-6-5-14(2)15(3)11-17)20(18)12-16(4)22(19)21(24)10-13;1-10(2,3)8(12)7-9(13)11(4,5)6;/h5-10,12H,1-4H3;7,12H,1-6H3;/q-1;;/b;8-7-;/i2D3,3D3;;. The van der Waals surface area contributed by atoms with Gasteiger partial charge in [-0.05, 0) is 59.0 Å². The molecule has 1 N–H and O–H groups in total. The Kier molecular flexibility index (Phi) is 7.44. The number of rotatable bonds is 2. The SMILES string of the molecule is CC(C)(C)C(=O)/C=C(\O)C(C)(C)C.[2H]C([2H])([2H])c1[c-]c(-c2nccc3c2cc(C)c2c(F)cc(C)cc23)ccc1C([2H])([2H])[2H].[Ir]. The van der Waals surface area contributed by atoms with E-state index >= 15 is 0 Å². The van der Waals surface area contributed by atoms with Crippen LogP contribution in [-0.2, 0) is 24.9 Å². The van der Waals surface area contributed by atoms with Crippen molar-refractivity contribution in [3.05, 3.63) is 88.6 Å². The van der Waals surface area contributed by atoms with Crippen LogP contribution in [0.1, 0.15) is 72.0 Å². The van der Waals surface area contributed by atoms with Crippen LogP contribution in [0.4, 0.5) is 4.39 Å². The Balaban J connectivity index is 0.000000430. The Labute approximate surface area is 254 Å². The zero-order valence-corrected chi connectivity index (χ0v) is 26.0. The van der Waals surface area contributed by atoms with Crippen LogP contribution >= 0.6 is 0 Å². The van der Waals surface area contributed by atoms with Gasteiger partial charge in [0, 0.05) is 56.8 Å². The Morgan fingerprint density at radius 2 is 1.64 bits per heavy atom. The summed E-state index contributed by atoms with van der Waals surface area (Å²) in [6.45, 7) is 9.53. The molecule has 0 atom stereocenters. The van der Waals surface area contributed by atoms with Crippen LogP contribution in [0.15, 0.2) is 54.4 Å². The van der Waals surface area contributed by atoms with Gasteiger partial charge < -0.3 is 10.1 Å². The molecule has 5 heteroatoms. The van der Waals surface area contributed by atoms with E-state index < -0.39 is 19.1 Å². The molecule has 4 rings (SSSR count). The number of aliphatic hydroxyl groups is 1. The smallest absolute Gasteiger partial charge is 0.164 e. The summed E-state index contributed by atoms with van der Waals surface area (Å²) in [7, 11) is 0. The number of aliphatic hydroxyl groups excluding tert-OH is 1. The van der Waals surface area contributed by atoms with Gasteiger partial charge in [-0.15, -0.1) is 34.9 Å². The number of hydrogen-bond acceptors (Lipinski definition) is 3.